The lowest BCUT2D eigenvalue weighted by Crippen LogP contribution is -2.48. The second-order valence-electron chi connectivity index (χ2n) is 7.88. The van der Waals surface area contributed by atoms with Gasteiger partial charge in [0.1, 0.15) is 5.82 Å². The SMILES string of the molecule is CC(NC(=O)c1cccc(S(=O)(=O)N2CCN(c3ccc(F)cc3)CC2)c1)c1cccnc1. The number of carbonyl (C=O) groups is 1. The van der Waals surface area contributed by atoms with Crippen LogP contribution < -0.4 is 10.2 Å². The van der Waals surface area contributed by atoms with Crippen molar-refractivity contribution in [2.24, 2.45) is 0 Å². The fourth-order valence-electron chi connectivity index (χ4n) is 3.78. The van der Waals surface area contributed by atoms with Crippen LogP contribution in [0.1, 0.15) is 28.9 Å². The summed E-state index contributed by atoms with van der Waals surface area (Å²) in [5.74, 6) is -0.664. The molecule has 0 aliphatic carbocycles. The number of rotatable bonds is 6. The maximum absolute atomic E-state index is 13.2. The first-order valence-electron chi connectivity index (χ1n) is 10.7. The summed E-state index contributed by atoms with van der Waals surface area (Å²) in [6.45, 7) is 3.43. The van der Waals surface area contributed by atoms with Crippen LogP contribution in [-0.4, -0.2) is 49.8 Å². The third-order valence-electron chi connectivity index (χ3n) is 5.70. The minimum Gasteiger partial charge on any atom is -0.369 e. The van der Waals surface area contributed by atoms with Gasteiger partial charge in [-0.1, -0.05) is 12.1 Å². The normalized spacial score (nSPS) is 15.8. The number of sulfonamides is 1. The topological polar surface area (TPSA) is 82.6 Å². The number of halogens is 1. The monoisotopic (exact) mass is 468 g/mol. The minimum absolute atomic E-state index is 0.0828. The molecule has 1 aliphatic heterocycles. The number of piperazine rings is 1. The van der Waals surface area contributed by atoms with E-state index in [4.69, 9.17) is 0 Å². The number of benzene rings is 2. The number of nitrogens with zero attached hydrogens (tertiary/aromatic N) is 3. The lowest BCUT2D eigenvalue weighted by atomic mass is 10.1. The molecule has 9 heteroatoms. The van der Waals surface area contributed by atoms with Gasteiger partial charge in [0, 0.05) is 49.8 Å². The molecule has 1 aliphatic rings. The Morgan fingerprint density at radius 3 is 2.42 bits per heavy atom. The molecular formula is C24H25FN4O3S. The Labute approximate surface area is 192 Å². The maximum atomic E-state index is 13.2. The zero-order chi connectivity index (χ0) is 23.4. The van der Waals surface area contributed by atoms with Gasteiger partial charge in [-0.3, -0.25) is 9.78 Å². The number of hydrogen-bond donors (Lipinski definition) is 1. The minimum atomic E-state index is -3.75. The second-order valence-corrected chi connectivity index (χ2v) is 9.81. The molecule has 33 heavy (non-hydrogen) atoms. The van der Waals surface area contributed by atoms with E-state index < -0.39 is 10.0 Å². The smallest absolute Gasteiger partial charge is 0.251 e. The van der Waals surface area contributed by atoms with Crippen LogP contribution in [0, 0.1) is 5.82 Å². The molecule has 1 N–H and O–H groups in total. The lowest BCUT2D eigenvalue weighted by molar-refractivity contribution is 0.0939. The van der Waals surface area contributed by atoms with Crippen LogP contribution in [0.15, 0.2) is 78.0 Å². The summed E-state index contributed by atoms with van der Waals surface area (Å²) in [7, 11) is -3.75. The summed E-state index contributed by atoms with van der Waals surface area (Å²) < 4.78 is 41.0. The van der Waals surface area contributed by atoms with E-state index in [0.717, 1.165) is 11.3 Å². The summed E-state index contributed by atoms with van der Waals surface area (Å²) in [4.78, 5) is 18.9. The van der Waals surface area contributed by atoms with E-state index >= 15 is 0 Å². The first-order valence-corrected chi connectivity index (χ1v) is 12.1. The van der Waals surface area contributed by atoms with Crippen molar-refractivity contribution in [3.8, 4) is 0 Å². The molecule has 7 nitrogen and oxygen atoms in total. The molecule has 3 aromatic rings. The molecule has 1 unspecified atom stereocenters. The van der Waals surface area contributed by atoms with Crippen LogP contribution >= 0.6 is 0 Å². The van der Waals surface area contributed by atoms with Gasteiger partial charge in [0.15, 0.2) is 0 Å². The summed E-state index contributed by atoms with van der Waals surface area (Å²) in [5.41, 5.74) is 1.99. The molecule has 1 saturated heterocycles. The lowest BCUT2D eigenvalue weighted by Gasteiger charge is -2.35. The Bertz CT molecular complexity index is 1210. The van der Waals surface area contributed by atoms with Crippen molar-refractivity contribution in [3.05, 3.63) is 90.0 Å². The van der Waals surface area contributed by atoms with E-state index in [1.807, 2.05) is 17.9 Å². The van der Waals surface area contributed by atoms with Gasteiger partial charge in [0.25, 0.3) is 5.91 Å². The van der Waals surface area contributed by atoms with Gasteiger partial charge >= 0.3 is 0 Å². The zero-order valence-electron chi connectivity index (χ0n) is 18.2. The van der Waals surface area contributed by atoms with Crippen LogP contribution in [0.25, 0.3) is 0 Å². The van der Waals surface area contributed by atoms with E-state index in [1.54, 1.807) is 42.7 Å². The predicted molar refractivity (Wildman–Crippen MR) is 124 cm³/mol. The second kappa shape index (κ2) is 9.68. The van der Waals surface area contributed by atoms with E-state index in [-0.39, 0.29) is 28.2 Å². The third-order valence-corrected chi connectivity index (χ3v) is 7.59. The summed E-state index contributed by atoms with van der Waals surface area (Å²) >= 11 is 0. The zero-order valence-corrected chi connectivity index (χ0v) is 19.0. The van der Waals surface area contributed by atoms with Crippen LogP contribution in [0.2, 0.25) is 0 Å². The number of aromatic nitrogens is 1. The van der Waals surface area contributed by atoms with Crippen molar-refractivity contribution in [3.63, 3.8) is 0 Å². The van der Waals surface area contributed by atoms with Gasteiger partial charge in [-0.25, -0.2) is 12.8 Å². The number of carbonyl (C=O) groups excluding carboxylic acids is 1. The Kier molecular flexibility index (Phi) is 6.71. The van der Waals surface area contributed by atoms with Gasteiger partial charge in [-0.2, -0.15) is 4.31 Å². The highest BCUT2D eigenvalue weighted by Gasteiger charge is 2.29. The molecule has 1 aromatic heterocycles. The molecule has 1 atom stereocenters. The van der Waals surface area contributed by atoms with Gasteiger partial charge in [0.2, 0.25) is 10.0 Å². The summed E-state index contributed by atoms with van der Waals surface area (Å²) in [6.07, 6.45) is 3.34. The fraction of sp³-hybridized carbons (Fsp3) is 0.250. The Hall–Kier alpha value is -3.30. The molecule has 2 heterocycles. The average molecular weight is 469 g/mol. The average Bonchev–Trinajstić information content (AvgIpc) is 2.85. The molecule has 0 bridgehead atoms. The fourth-order valence-corrected chi connectivity index (χ4v) is 5.25. The van der Waals surface area contributed by atoms with Crippen molar-refractivity contribution in [1.29, 1.82) is 0 Å². The molecule has 0 radical (unpaired) electrons. The van der Waals surface area contributed by atoms with Crippen molar-refractivity contribution >= 4 is 21.6 Å². The number of nitrogens with one attached hydrogen (secondary N) is 1. The Balaban J connectivity index is 1.44. The molecule has 2 aromatic carbocycles. The van der Waals surface area contributed by atoms with Gasteiger partial charge in [-0.05, 0) is 61.0 Å². The van der Waals surface area contributed by atoms with Gasteiger partial charge in [0.05, 0.1) is 10.9 Å². The molecular weight excluding hydrogens is 443 g/mol. The van der Waals surface area contributed by atoms with E-state index in [2.05, 4.69) is 10.3 Å². The van der Waals surface area contributed by atoms with Gasteiger partial charge in [-0.15, -0.1) is 0 Å². The highest BCUT2D eigenvalue weighted by Crippen LogP contribution is 2.22. The maximum Gasteiger partial charge on any atom is 0.251 e. The largest absolute Gasteiger partial charge is 0.369 e. The van der Waals surface area contributed by atoms with Crippen LogP contribution in [0.5, 0.6) is 0 Å². The molecule has 0 saturated carbocycles. The standard InChI is InChI=1S/C24H25FN4O3S/c1-18(20-5-3-11-26-17-20)27-24(30)19-4-2-6-23(16-19)33(31,32)29-14-12-28(13-15-29)22-9-7-21(25)8-10-22/h2-11,16-18H,12-15H2,1H3,(H,27,30). The van der Waals surface area contributed by atoms with Crippen molar-refractivity contribution < 1.29 is 17.6 Å². The third kappa shape index (κ3) is 5.20. The van der Waals surface area contributed by atoms with E-state index in [0.29, 0.717) is 26.2 Å². The van der Waals surface area contributed by atoms with Crippen molar-refractivity contribution in [1.82, 2.24) is 14.6 Å². The first kappa shape index (κ1) is 22.9. The Morgan fingerprint density at radius 1 is 1.03 bits per heavy atom. The molecule has 1 fully saturated rings. The van der Waals surface area contributed by atoms with E-state index in [9.17, 15) is 17.6 Å². The van der Waals surface area contributed by atoms with Crippen LogP contribution in [0.3, 0.4) is 0 Å². The summed E-state index contributed by atoms with van der Waals surface area (Å²) in [5, 5.41) is 2.88. The first-order chi connectivity index (χ1) is 15.8. The predicted octanol–water partition coefficient (Wildman–Crippen LogP) is 3.22. The van der Waals surface area contributed by atoms with Crippen molar-refractivity contribution in [2.75, 3.05) is 31.1 Å². The molecule has 172 valence electrons. The Morgan fingerprint density at radius 2 is 1.76 bits per heavy atom. The molecule has 0 spiro atoms. The number of hydrogen-bond acceptors (Lipinski definition) is 5. The number of amides is 1. The highest BCUT2D eigenvalue weighted by molar-refractivity contribution is 7.89. The van der Waals surface area contributed by atoms with Crippen LogP contribution in [-0.2, 0) is 10.0 Å². The highest BCUT2D eigenvalue weighted by atomic mass is 32.2. The molecule has 1 amide bonds. The van der Waals surface area contributed by atoms with Crippen molar-refractivity contribution in [2.45, 2.75) is 17.9 Å². The van der Waals surface area contributed by atoms with Crippen LogP contribution in [0.4, 0.5) is 10.1 Å². The summed E-state index contributed by atoms with van der Waals surface area (Å²) in [6, 6.07) is 15.6. The number of anilines is 1. The quantitative estimate of drug-likeness (QED) is 0.601. The molecule has 4 rings (SSSR count). The van der Waals surface area contributed by atoms with E-state index in [1.165, 1.54) is 28.6 Å². The number of pyridine rings is 1. The van der Waals surface area contributed by atoms with Gasteiger partial charge < -0.3 is 10.2 Å².